The van der Waals surface area contributed by atoms with Crippen molar-refractivity contribution in [2.45, 2.75) is 31.9 Å². The SMILES string of the molecule is CCC(NCC(O)C(F)F)C(N)=O. The van der Waals surface area contributed by atoms with Gasteiger partial charge in [-0.2, -0.15) is 0 Å². The number of rotatable bonds is 6. The molecule has 0 aliphatic heterocycles. The number of aliphatic hydroxyl groups is 1. The molecule has 0 aromatic heterocycles. The molecule has 0 saturated carbocycles. The van der Waals surface area contributed by atoms with Gasteiger partial charge in [0.2, 0.25) is 5.91 Å². The second-order valence-electron chi connectivity index (χ2n) is 2.67. The third kappa shape index (κ3) is 4.74. The standard InChI is InChI=1S/C7H14F2N2O2/c1-2-4(7(10)13)11-3-5(12)6(8)9/h4-6,11-12H,2-3H2,1H3,(H2,10,13). The molecule has 78 valence electrons. The van der Waals surface area contributed by atoms with Crippen molar-refractivity contribution in [3.8, 4) is 0 Å². The third-order valence-electron chi connectivity index (χ3n) is 1.62. The molecule has 13 heavy (non-hydrogen) atoms. The minimum absolute atomic E-state index is 0.334. The Morgan fingerprint density at radius 2 is 2.15 bits per heavy atom. The van der Waals surface area contributed by atoms with Gasteiger partial charge in [0.15, 0.2) is 0 Å². The van der Waals surface area contributed by atoms with Crippen LogP contribution in [0.15, 0.2) is 0 Å². The fraction of sp³-hybridized carbons (Fsp3) is 0.857. The molecular weight excluding hydrogens is 182 g/mol. The number of carbonyl (C=O) groups is 1. The number of amides is 1. The monoisotopic (exact) mass is 196 g/mol. The molecule has 2 unspecified atom stereocenters. The summed E-state index contributed by atoms with van der Waals surface area (Å²) in [6.07, 6.45) is -4.16. The molecule has 0 radical (unpaired) electrons. The van der Waals surface area contributed by atoms with E-state index >= 15 is 0 Å². The van der Waals surface area contributed by atoms with Crippen LogP contribution in [0.5, 0.6) is 0 Å². The molecule has 0 aliphatic carbocycles. The van der Waals surface area contributed by atoms with E-state index in [1.54, 1.807) is 6.92 Å². The third-order valence-corrected chi connectivity index (χ3v) is 1.62. The van der Waals surface area contributed by atoms with Gasteiger partial charge in [0.05, 0.1) is 6.04 Å². The molecule has 0 heterocycles. The van der Waals surface area contributed by atoms with Gasteiger partial charge in [-0.15, -0.1) is 0 Å². The normalized spacial score (nSPS) is 15.8. The van der Waals surface area contributed by atoms with E-state index in [0.29, 0.717) is 6.42 Å². The zero-order valence-corrected chi connectivity index (χ0v) is 7.34. The van der Waals surface area contributed by atoms with Crippen molar-refractivity contribution >= 4 is 5.91 Å². The van der Waals surface area contributed by atoms with Crippen LogP contribution in [0.4, 0.5) is 8.78 Å². The summed E-state index contributed by atoms with van der Waals surface area (Å²) >= 11 is 0. The fourth-order valence-electron chi connectivity index (χ4n) is 0.798. The van der Waals surface area contributed by atoms with Gasteiger partial charge in [-0.1, -0.05) is 6.92 Å². The van der Waals surface area contributed by atoms with Crippen LogP contribution in [0.2, 0.25) is 0 Å². The summed E-state index contributed by atoms with van der Waals surface area (Å²) in [6, 6.07) is -0.659. The highest BCUT2D eigenvalue weighted by molar-refractivity contribution is 5.79. The Bertz CT molecular complexity index is 167. The average molecular weight is 196 g/mol. The number of aliphatic hydroxyl groups excluding tert-OH is 1. The Balaban J connectivity index is 3.78. The van der Waals surface area contributed by atoms with Crippen molar-refractivity contribution < 1.29 is 18.7 Å². The summed E-state index contributed by atoms with van der Waals surface area (Å²) in [4.78, 5) is 10.6. The Hall–Kier alpha value is -0.750. The van der Waals surface area contributed by atoms with Crippen molar-refractivity contribution in [2.24, 2.45) is 5.73 Å². The van der Waals surface area contributed by atoms with Crippen molar-refractivity contribution in [3.63, 3.8) is 0 Å². The number of hydrogen-bond donors (Lipinski definition) is 3. The largest absolute Gasteiger partial charge is 0.386 e. The summed E-state index contributed by atoms with van der Waals surface area (Å²) in [5.74, 6) is -0.607. The average Bonchev–Trinajstić information content (AvgIpc) is 2.04. The lowest BCUT2D eigenvalue weighted by Gasteiger charge is -2.15. The predicted molar refractivity (Wildman–Crippen MR) is 43.3 cm³/mol. The second-order valence-corrected chi connectivity index (χ2v) is 2.67. The zero-order chi connectivity index (χ0) is 10.4. The van der Waals surface area contributed by atoms with Gasteiger partial charge in [-0.25, -0.2) is 8.78 Å². The molecular formula is C7H14F2N2O2. The predicted octanol–water partition coefficient (Wildman–Crippen LogP) is -0.534. The van der Waals surface area contributed by atoms with Crippen LogP contribution < -0.4 is 11.1 Å². The first-order valence-electron chi connectivity index (χ1n) is 3.98. The maximum Gasteiger partial charge on any atom is 0.265 e. The van der Waals surface area contributed by atoms with E-state index in [1.165, 1.54) is 0 Å². The topological polar surface area (TPSA) is 75.3 Å². The second kappa shape index (κ2) is 5.82. The van der Waals surface area contributed by atoms with Gasteiger partial charge in [-0.3, -0.25) is 4.79 Å². The number of hydrogen-bond acceptors (Lipinski definition) is 3. The summed E-state index contributed by atoms with van der Waals surface area (Å²) < 4.78 is 23.6. The van der Waals surface area contributed by atoms with Crippen LogP contribution in [0.3, 0.4) is 0 Å². The Morgan fingerprint density at radius 1 is 1.62 bits per heavy atom. The molecule has 0 rings (SSSR count). The Labute approximate surface area is 75.1 Å². The molecule has 1 amide bonds. The molecule has 0 saturated heterocycles. The number of nitrogens with one attached hydrogen (secondary N) is 1. The van der Waals surface area contributed by atoms with Crippen molar-refractivity contribution in [1.29, 1.82) is 0 Å². The quantitative estimate of drug-likeness (QED) is 0.534. The van der Waals surface area contributed by atoms with Gasteiger partial charge in [0.1, 0.15) is 6.10 Å². The van der Waals surface area contributed by atoms with Crippen LogP contribution >= 0.6 is 0 Å². The molecule has 0 aromatic carbocycles. The van der Waals surface area contributed by atoms with Crippen molar-refractivity contribution in [1.82, 2.24) is 5.32 Å². The molecule has 0 aliphatic rings. The van der Waals surface area contributed by atoms with Crippen LogP contribution in [0.25, 0.3) is 0 Å². The highest BCUT2D eigenvalue weighted by Gasteiger charge is 2.19. The Kier molecular flexibility index (Phi) is 5.48. The van der Waals surface area contributed by atoms with Gasteiger partial charge in [-0.05, 0) is 6.42 Å². The molecule has 4 nitrogen and oxygen atoms in total. The fourth-order valence-corrected chi connectivity index (χ4v) is 0.798. The van der Waals surface area contributed by atoms with Crippen LogP contribution in [-0.2, 0) is 4.79 Å². The summed E-state index contributed by atoms with van der Waals surface area (Å²) in [7, 11) is 0. The zero-order valence-electron chi connectivity index (χ0n) is 7.34. The Morgan fingerprint density at radius 3 is 2.46 bits per heavy atom. The number of alkyl halides is 2. The number of carbonyl (C=O) groups excluding carboxylic acids is 1. The molecule has 6 heteroatoms. The first-order chi connectivity index (χ1) is 5.99. The van der Waals surface area contributed by atoms with Gasteiger partial charge in [0, 0.05) is 6.54 Å². The van der Waals surface area contributed by atoms with Gasteiger partial charge in [0.25, 0.3) is 6.43 Å². The highest BCUT2D eigenvalue weighted by atomic mass is 19.3. The van der Waals surface area contributed by atoms with E-state index in [2.05, 4.69) is 5.32 Å². The van der Waals surface area contributed by atoms with Crippen LogP contribution in [0, 0.1) is 0 Å². The van der Waals surface area contributed by atoms with E-state index in [4.69, 9.17) is 10.8 Å². The molecule has 0 fully saturated rings. The summed E-state index contributed by atoms with van der Waals surface area (Å²) in [5.41, 5.74) is 4.94. The van der Waals surface area contributed by atoms with Crippen LogP contribution in [0.1, 0.15) is 13.3 Å². The number of nitrogens with two attached hydrogens (primary N) is 1. The van der Waals surface area contributed by atoms with E-state index in [0.717, 1.165) is 0 Å². The van der Waals surface area contributed by atoms with E-state index in [-0.39, 0.29) is 6.54 Å². The maximum absolute atomic E-state index is 11.8. The van der Waals surface area contributed by atoms with Gasteiger partial charge >= 0.3 is 0 Å². The van der Waals surface area contributed by atoms with Gasteiger partial charge < -0.3 is 16.2 Å². The molecule has 0 spiro atoms. The van der Waals surface area contributed by atoms with Crippen molar-refractivity contribution in [3.05, 3.63) is 0 Å². The van der Waals surface area contributed by atoms with E-state index in [9.17, 15) is 13.6 Å². The lowest BCUT2D eigenvalue weighted by Crippen LogP contribution is -2.45. The highest BCUT2D eigenvalue weighted by Crippen LogP contribution is 1.99. The summed E-state index contributed by atoms with van der Waals surface area (Å²) in [6.45, 7) is 1.36. The van der Waals surface area contributed by atoms with E-state index < -0.39 is 24.5 Å². The lowest BCUT2D eigenvalue weighted by atomic mass is 10.2. The van der Waals surface area contributed by atoms with Crippen molar-refractivity contribution in [2.75, 3.05) is 6.54 Å². The van der Waals surface area contributed by atoms with E-state index in [1.807, 2.05) is 0 Å². The first kappa shape index (κ1) is 12.2. The lowest BCUT2D eigenvalue weighted by molar-refractivity contribution is -0.120. The number of primary amides is 1. The first-order valence-corrected chi connectivity index (χ1v) is 3.98. The molecule has 0 bridgehead atoms. The minimum atomic E-state index is -2.81. The molecule has 2 atom stereocenters. The molecule has 4 N–H and O–H groups in total. The maximum atomic E-state index is 11.8. The minimum Gasteiger partial charge on any atom is -0.386 e. The molecule has 0 aromatic rings. The summed E-state index contributed by atoms with van der Waals surface area (Å²) in [5, 5.41) is 11.1. The van der Waals surface area contributed by atoms with Crippen LogP contribution in [-0.4, -0.2) is 36.1 Å². The number of halogens is 2. The smallest absolute Gasteiger partial charge is 0.265 e.